The van der Waals surface area contributed by atoms with E-state index in [0.29, 0.717) is 0 Å². The van der Waals surface area contributed by atoms with Crippen molar-refractivity contribution in [1.29, 1.82) is 5.26 Å². The van der Waals surface area contributed by atoms with E-state index in [1.165, 1.54) is 12.1 Å². The van der Waals surface area contributed by atoms with Crippen LogP contribution < -0.4 is 5.32 Å². The molecule has 2 nitrogen and oxygen atoms in total. The minimum absolute atomic E-state index is 0.269. The van der Waals surface area contributed by atoms with Crippen LogP contribution in [0.2, 0.25) is 0 Å². The normalized spacial score (nSPS) is 14.0. The van der Waals surface area contributed by atoms with Gasteiger partial charge < -0.3 is 5.32 Å². The lowest BCUT2D eigenvalue weighted by molar-refractivity contribution is 0.578. The lowest BCUT2D eigenvalue weighted by Gasteiger charge is -2.23. The second-order valence-electron chi connectivity index (χ2n) is 3.83. The highest BCUT2D eigenvalue weighted by atomic mass is 19.1. The van der Waals surface area contributed by atoms with Gasteiger partial charge in [0.15, 0.2) is 0 Å². The standard InChI is InChI=1S/C12H15FN2/c1-3-8-12(2,9-14)15-11-6-4-10(13)5-7-11/h4-7,15H,3,8H2,1-2H3. The lowest BCUT2D eigenvalue weighted by Crippen LogP contribution is -2.32. The van der Waals surface area contributed by atoms with Gasteiger partial charge in [-0.25, -0.2) is 4.39 Å². The van der Waals surface area contributed by atoms with Crippen LogP contribution in [-0.4, -0.2) is 5.54 Å². The Bertz CT molecular complexity index is 353. The van der Waals surface area contributed by atoms with Gasteiger partial charge in [-0.1, -0.05) is 13.3 Å². The fourth-order valence-corrected chi connectivity index (χ4v) is 1.50. The monoisotopic (exact) mass is 206 g/mol. The molecule has 80 valence electrons. The third-order valence-electron chi connectivity index (χ3n) is 2.26. The molecule has 0 aromatic heterocycles. The molecule has 3 heteroatoms. The van der Waals surface area contributed by atoms with E-state index in [1.54, 1.807) is 12.1 Å². The smallest absolute Gasteiger partial charge is 0.123 e. The maximum absolute atomic E-state index is 12.7. The van der Waals surface area contributed by atoms with Crippen LogP contribution in [0, 0.1) is 17.1 Å². The van der Waals surface area contributed by atoms with Crippen molar-refractivity contribution in [2.45, 2.75) is 32.2 Å². The average molecular weight is 206 g/mol. The second kappa shape index (κ2) is 4.79. The van der Waals surface area contributed by atoms with Crippen LogP contribution in [-0.2, 0) is 0 Å². The van der Waals surface area contributed by atoms with E-state index in [0.717, 1.165) is 18.5 Å². The zero-order valence-corrected chi connectivity index (χ0v) is 9.05. The summed E-state index contributed by atoms with van der Waals surface area (Å²) in [6.07, 6.45) is 1.69. The number of hydrogen-bond donors (Lipinski definition) is 1. The summed E-state index contributed by atoms with van der Waals surface area (Å²) in [4.78, 5) is 0. The van der Waals surface area contributed by atoms with Crippen LogP contribution in [0.1, 0.15) is 26.7 Å². The van der Waals surface area contributed by atoms with E-state index in [9.17, 15) is 4.39 Å². The highest BCUT2D eigenvalue weighted by molar-refractivity contribution is 5.47. The molecule has 0 heterocycles. The summed E-state index contributed by atoms with van der Waals surface area (Å²) in [7, 11) is 0. The van der Waals surface area contributed by atoms with Gasteiger partial charge in [-0.05, 0) is 37.6 Å². The molecule has 1 unspecified atom stereocenters. The molecule has 0 aliphatic rings. The second-order valence-corrected chi connectivity index (χ2v) is 3.83. The molecule has 0 saturated carbocycles. The number of nitriles is 1. The topological polar surface area (TPSA) is 35.8 Å². The molecule has 0 saturated heterocycles. The maximum atomic E-state index is 12.7. The van der Waals surface area contributed by atoms with E-state index in [2.05, 4.69) is 11.4 Å². The van der Waals surface area contributed by atoms with Gasteiger partial charge in [-0.15, -0.1) is 0 Å². The first kappa shape index (κ1) is 11.5. The van der Waals surface area contributed by atoms with E-state index >= 15 is 0 Å². The Kier molecular flexibility index (Phi) is 3.68. The first-order chi connectivity index (χ1) is 7.09. The number of benzene rings is 1. The molecule has 0 amide bonds. The maximum Gasteiger partial charge on any atom is 0.123 e. The summed E-state index contributed by atoms with van der Waals surface area (Å²) in [6, 6.07) is 8.28. The lowest BCUT2D eigenvalue weighted by atomic mass is 9.98. The summed E-state index contributed by atoms with van der Waals surface area (Å²) in [5, 5.41) is 12.2. The summed E-state index contributed by atoms with van der Waals surface area (Å²) in [6.45, 7) is 3.88. The molecule has 0 bridgehead atoms. The minimum atomic E-state index is -0.577. The van der Waals surface area contributed by atoms with Crippen molar-refractivity contribution in [3.8, 4) is 6.07 Å². The molecule has 1 aromatic rings. The number of nitrogens with zero attached hydrogens (tertiary/aromatic N) is 1. The van der Waals surface area contributed by atoms with Crippen LogP contribution in [0.5, 0.6) is 0 Å². The first-order valence-electron chi connectivity index (χ1n) is 5.04. The molecular formula is C12H15FN2. The van der Waals surface area contributed by atoms with Crippen molar-refractivity contribution in [2.24, 2.45) is 0 Å². The Hall–Kier alpha value is -1.56. The van der Waals surface area contributed by atoms with Crippen LogP contribution in [0.15, 0.2) is 24.3 Å². The Morgan fingerprint density at radius 1 is 1.40 bits per heavy atom. The zero-order valence-electron chi connectivity index (χ0n) is 9.05. The van der Waals surface area contributed by atoms with Gasteiger partial charge in [0.05, 0.1) is 6.07 Å². The SMILES string of the molecule is CCCC(C)(C#N)Nc1ccc(F)cc1. The van der Waals surface area contributed by atoms with Gasteiger partial charge in [0, 0.05) is 5.69 Å². The van der Waals surface area contributed by atoms with Gasteiger partial charge in [0.25, 0.3) is 0 Å². The molecule has 15 heavy (non-hydrogen) atoms. The minimum Gasteiger partial charge on any atom is -0.368 e. The molecular weight excluding hydrogens is 191 g/mol. The highest BCUT2D eigenvalue weighted by Gasteiger charge is 2.21. The molecule has 1 aromatic carbocycles. The Morgan fingerprint density at radius 3 is 2.47 bits per heavy atom. The number of hydrogen-bond acceptors (Lipinski definition) is 2. The highest BCUT2D eigenvalue weighted by Crippen LogP contribution is 2.19. The predicted octanol–water partition coefficient (Wildman–Crippen LogP) is 3.32. The molecule has 1 atom stereocenters. The molecule has 0 aliphatic heterocycles. The number of anilines is 1. The van der Waals surface area contributed by atoms with Gasteiger partial charge in [-0.3, -0.25) is 0 Å². The van der Waals surface area contributed by atoms with E-state index < -0.39 is 5.54 Å². The largest absolute Gasteiger partial charge is 0.368 e. The molecule has 0 radical (unpaired) electrons. The number of rotatable bonds is 4. The van der Waals surface area contributed by atoms with Crippen molar-refractivity contribution < 1.29 is 4.39 Å². The van der Waals surface area contributed by atoms with Crippen LogP contribution in [0.3, 0.4) is 0 Å². The Labute approximate surface area is 89.7 Å². The van der Waals surface area contributed by atoms with Gasteiger partial charge in [-0.2, -0.15) is 5.26 Å². The van der Waals surface area contributed by atoms with Gasteiger partial charge >= 0.3 is 0 Å². The average Bonchev–Trinajstić information content (AvgIpc) is 2.22. The van der Waals surface area contributed by atoms with E-state index in [1.807, 2.05) is 13.8 Å². The summed E-state index contributed by atoms with van der Waals surface area (Å²) in [5.74, 6) is -0.269. The summed E-state index contributed by atoms with van der Waals surface area (Å²) >= 11 is 0. The quantitative estimate of drug-likeness (QED) is 0.820. The van der Waals surface area contributed by atoms with Crippen LogP contribution in [0.4, 0.5) is 10.1 Å². The van der Waals surface area contributed by atoms with Crippen molar-refractivity contribution >= 4 is 5.69 Å². The fourth-order valence-electron chi connectivity index (χ4n) is 1.50. The molecule has 1 N–H and O–H groups in total. The molecule has 0 fully saturated rings. The van der Waals surface area contributed by atoms with Crippen molar-refractivity contribution in [2.75, 3.05) is 5.32 Å². The molecule has 0 aliphatic carbocycles. The van der Waals surface area contributed by atoms with Crippen molar-refractivity contribution in [3.63, 3.8) is 0 Å². The fraction of sp³-hybridized carbons (Fsp3) is 0.417. The first-order valence-corrected chi connectivity index (χ1v) is 5.04. The van der Waals surface area contributed by atoms with Gasteiger partial charge in [0.1, 0.15) is 11.4 Å². The Balaban J connectivity index is 2.76. The van der Waals surface area contributed by atoms with Crippen molar-refractivity contribution in [3.05, 3.63) is 30.1 Å². The van der Waals surface area contributed by atoms with Crippen LogP contribution >= 0.6 is 0 Å². The van der Waals surface area contributed by atoms with E-state index in [4.69, 9.17) is 5.26 Å². The van der Waals surface area contributed by atoms with E-state index in [-0.39, 0.29) is 5.82 Å². The Morgan fingerprint density at radius 2 is 2.00 bits per heavy atom. The number of nitrogens with one attached hydrogen (secondary N) is 1. The number of halogens is 1. The zero-order chi connectivity index (χ0) is 11.3. The molecule has 1 rings (SSSR count). The summed E-state index contributed by atoms with van der Waals surface area (Å²) in [5.41, 5.74) is 0.195. The van der Waals surface area contributed by atoms with Crippen molar-refractivity contribution in [1.82, 2.24) is 0 Å². The third kappa shape index (κ3) is 3.25. The van der Waals surface area contributed by atoms with Crippen LogP contribution in [0.25, 0.3) is 0 Å². The van der Waals surface area contributed by atoms with Gasteiger partial charge in [0.2, 0.25) is 0 Å². The third-order valence-corrected chi connectivity index (χ3v) is 2.26. The molecule has 0 spiro atoms. The predicted molar refractivity (Wildman–Crippen MR) is 58.9 cm³/mol. The summed E-state index contributed by atoms with van der Waals surface area (Å²) < 4.78 is 12.7.